The summed E-state index contributed by atoms with van der Waals surface area (Å²) < 4.78 is 16.1. The van der Waals surface area contributed by atoms with E-state index in [1.807, 2.05) is 6.07 Å². The van der Waals surface area contributed by atoms with Crippen molar-refractivity contribution < 1.29 is 19.0 Å². The van der Waals surface area contributed by atoms with Crippen molar-refractivity contribution in [3.63, 3.8) is 0 Å². The summed E-state index contributed by atoms with van der Waals surface area (Å²) in [4.78, 5) is 14.5. The third kappa shape index (κ3) is 3.60. The quantitative estimate of drug-likeness (QED) is 0.586. The van der Waals surface area contributed by atoms with Crippen LogP contribution >= 0.6 is 24.0 Å². The van der Waals surface area contributed by atoms with Crippen LogP contribution in [-0.4, -0.2) is 49.6 Å². The lowest BCUT2D eigenvalue weighted by atomic mass is 10.1. The van der Waals surface area contributed by atoms with E-state index in [2.05, 4.69) is 0 Å². The zero-order valence-corrected chi connectivity index (χ0v) is 14.3. The Hall–Kier alpha value is -1.57. The van der Waals surface area contributed by atoms with Gasteiger partial charge in [-0.3, -0.25) is 9.69 Å². The monoisotopic (exact) mass is 339 g/mol. The average Bonchev–Trinajstić information content (AvgIpc) is 2.79. The number of carbonyl (C=O) groups is 1. The molecule has 0 atom stereocenters. The van der Waals surface area contributed by atoms with Crippen molar-refractivity contribution in [2.75, 3.05) is 34.5 Å². The highest BCUT2D eigenvalue weighted by Crippen LogP contribution is 2.35. The Morgan fingerprint density at radius 1 is 1.27 bits per heavy atom. The number of nitrogens with zero attached hydrogens (tertiary/aromatic N) is 1. The largest absolute Gasteiger partial charge is 0.497 e. The van der Waals surface area contributed by atoms with Gasteiger partial charge in [-0.1, -0.05) is 24.0 Å². The number of amides is 1. The first kappa shape index (κ1) is 16.8. The lowest BCUT2D eigenvalue weighted by Gasteiger charge is -2.13. The van der Waals surface area contributed by atoms with E-state index in [-0.39, 0.29) is 5.91 Å². The van der Waals surface area contributed by atoms with E-state index >= 15 is 0 Å². The second-order valence-corrected chi connectivity index (χ2v) is 6.11. The molecule has 0 bridgehead atoms. The van der Waals surface area contributed by atoms with E-state index in [9.17, 15) is 4.79 Å². The van der Waals surface area contributed by atoms with Crippen molar-refractivity contribution in [2.24, 2.45) is 0 Å². The molecule has 118 valence electrons. The fourth-order valence-corrected chi connectivity index (χ4v) is 3.27. The third-order valence-corrected chi connectivity index (χ3v) is 4.49. The van der Waals surface area contributed by atoms with Gasteiger partial charge in [-0.05, 0) is 24.3 Å². The highest BCUT2D eigenvalue weighted by Gasteiger charge is 2.31. The Labute approximate surface area is 139 Å². The van der Waals surface area contributed by atoms with E-state index in [1.54, 1.807) is 44.4 Å². The van der Waals surface area contributed by atoms with Crippen LogP contribution in [0.4, 0.5) is 0 Å². The Kier molecular flexibility index (Phi) is 5.82. The molecule has 22 heavy (non-hydrogen) atoms. The van der Waals surface area contributed by atoms with Crippen molar-refractivity contribution in [1.82, 2.24) is 4.90 Å². The maximum Gasteiger partial charge on any atom is 0.266 e. The Morgan fingerprint density at radius 2 is 2.05 bits per heavy atom. The van der Waals surface area contributed by atoms with Gasteiger partial charge in [0.15, 0.2) is 0 Å². The molecule has 1 aliphatic rings. The summed E-state index contributed by atoms with van der Waals surface area (Å²) in [6.07, 6.45) is 1.77. The van der Waals surface area contributed by atoms with Gasteiger partial charge >= 0.3 is 0 Å². The molecule has 0 spiro atoms. The molecule has 1 aliphatic heterocycles. The van der Waals surface area contributed by atoms with Crippen LogP contribution < -0.4 is 9.47 Å². The summed E-state index contributed by atoms with van der Waals surface area (Å²) in [5.41, 5.74) is 0.772. The van der Waals surface area contributed by atoms with Gasteiger partial charge in [0, 0.05) is 12.7 Å². The summed E-state index contributed by atoms with van der Waals surface area (Å²) >= 11 is 6.53. The number of hydrogen-bond acceptors (Lipinski definition) is 6. The minimum atomic E-state index is -0.114. The summed E-state index contributed by atoms with van der Waals surface area (Å²) in [6.45, 7) is 0.899. The smallest absolute Gasteiger partial charge is 0.266 e. The van der Waals surface area contributed by atoms with Crippen molar-refractivity contribution in [2.45, 2.75) is 0 Å². The van der Waals surface area contributed by atoms with E-state index in [0.29, 0.717) is 33.9 Å². The van der Waals surface area contributed by atoms with Gasteiger partial charge in [0.05, 0.1) is 32.3 Å². The van der Waals surface area contributed by atoms with Crippen LogP contribution in [0.2, 0.25) is 0 Å². The van der Waals surface area contributed by atoms with Crippen LogP contribution in [0.25, 0.3) is 6.08 Å². The Bertz CT molecular complexity index is 616. The number of hydrogen-bond donors (Lipinski definition) is 0. The third-order valence-electron chi connectivity index (χ3n) is 3.12. The van der Waals surface area contributed by atoms with Crippen LogP contribution in [0.3, 0.4) is 0 Å². The van der Waals surface area contributed by atoms with Gasteiger partial charge in [0.2, 0.25) is 0 Å². The molecule has 0 N–H and O–H groups in total. The number of thioether (sulfide) groups is 1. The van der Waals surface area contributed by atoms with E-state index < -0.39 is 0 Å². The van der Waals surface area contributed by atoms with Crippen molar-refractivity contribution >= 4 is 40.3 Å². The minimum Gasteiger partial charge on any atom is -0.497 e. The second kappa shape index (κ2) is 7.62. The molecule has 0 aromatic heterocycles. The van der Waals surface area contributed by atoms with Crippen LogP contribution in [-0.2, 0) is 9.53 Å². The molecule has 5 nitrogen and oxygen atoms in total. The van der Waals surface area contributed by atoms with Crippen molar-refractivity contribution in [3.05, 3.63) is 28.7 Å². The topological polar surface area (TPSA) is 48.0 Å². The Morgan fingerprint density at radius 3 is 2.68 bits per heavy atom. The lowest BCUT2D eigenvalue weighted by molar-refractivity contribution is -0.122. The van der Waals surface area contributed by atoms with Crippen LogP contribution in [0.5, 0.6) is 11.5 Å². The highest BCUT2D eigenvalue weighted by molar-refractivity contribution is 8.26. The fourth-order valence-electron chi connectivity index (χ4n) is 1.97. The maximum atomic E-state index is 12.4. The molecule has 1 fully saturated rings. The van der Waals surface area contributed by atoms with Gasteiger partial charge < -0.3 is 14.2 Å². The molecule has 1 saturated heterocycles. The predicted octanol–water partition coefficient (Wildman–Crippen LogP) is 2.55. The number of carbonyl (C=O) groups excluding carboxylic acids is 1. The van der Waals surface area contributed by atoms with Crippen LogP contribution in [0.1, 0.15) is 5.56 Å². The fraction of sp³-hybridized carbons (Fsp3) is 0.333. The lowest BCUT2D eigenvalue weighted by Crippen LogP contribution is -2.31. The molecular weight excluding hydrogens is 322 g/mol. The Balaban J connectivity index is 2.30. The summed E-state index contributed by atoms with van der Waals surface area (Å²) in [5.74, 6) is 1.25. The van der Waals surface area contributed by atoms with Crippen LogP contribution in [0.15, 0.2) is 23.1 Å². The van der Waals surface area contributed by atoms with Gasteiger partial charge in [0.1, 0.15) is 15.8 Å². The summed E-state index contributed by atoms with van der Waals surface area (Å²) in [5, 5.41) is 0. The molecule has 1 amide bonds. The molecule has 1 aromatic carbocycles. The molecule has 1 aromatic rings. The number of thiocarbonyl (C=S) groups is 1. The first-order chi connectivity index (χ1) is 10.6. The molecule has 2 rings (SSSR count). The number of methoxy groups -OCH3 is 3. The summed E-state index contributed by atoms with van der Waals surface area (Å²) in [7, 11) is 4.77. The molecule has 0 radical (unpaired) electrons. The molecular formula is C15H17NO4S2. The van der Waals surface area contributed by atoms with E-state index in [4.69, 9.17) is 26.4 Å². The zero-order chi connectivity index (χ0) is 16.1. The van der Waals surface area contributed by atoms with Gasteiger partial charge in [0.25, 0.3) is 5.91 Å². The average molecular weight is 339 g/mol. The SMILES string of the molecule is COCCN1C(=O)C(=Cc2cc(OC)ccc2OC)SC1=S. The van der Waals surface area contributed by atoms with Gasteiger partial charge in [-0.2, -0.15) is 0 Å². The van der Waals surface area contributed by atoms with Crippen molar-refractivity contribution in [1.29, 1.82) is 0 Å². The normalized spacial score (nSPS) is 16.5. The minimum absolute atomic E-state index is 0.114. The number of rotatable bonds is 6. The summed E-state index contributed by atoms with van der Waals surface area (Å²) in [6, 6.07) is 5.43. The van der Waals surface area contributed by atoms with E-state index in [1.165, 1.54) is 11.8 Å². The highest BCUT2D eigenvalue weighted by atomic mass is 32.2. The molecule has 7 heteroatoms. The van der Waals surface area contributed by atoms with Crippen LogP contribution in [0, 0.1) is 0 Å². The van der Waals surface area contributed by atoms with Crippen molar-refractivity contribution in [3.8, 4) is 11.5 Å². The number of benzene rings is 1. The zero-order valence-electron chi connectivity index (χ0n) is 12.6. The first-order valence-electron chi connectivity index (χ1n) is 6.57. The predicted molar refractivity (Wildman–Crippen MR) is 91.3 cm³/mol. The standard InChI is InChI=1S/C15H17NO4S2/c1-18-7-6-16-14(17)13(22-15(16)21)9-10-8-11(19-2)4-5-12(10)20-3/h4-5,8-9H,6-7H2,1-3H3. The molecule has 0 unspecified atom stereocenters. The molecule has 0 saturated carbocycles. The molecule has 1 heterocycles. The second-order valence-electron chi connectivity index (χ2n) is 4.43. The first-order valence-corrected chi connectivity index (χ1v) is 7.79. The molecule has 0 aliphatic carbocycles. The maximum absolute atomic E-state index is 12.4. The number of ether oxygens (including phenoxy) is 3. The van der Waals surface area contributed by atoms with Gasteiger partial charge in [-0.15, -0.1) is 0 Å². The van der Waals surface area contributed by atoms with E-state index in [0.717, 1.165) is 5.56 Å². The van der Waals surface area contributed by atoms with Gasteiger partial charge in [-0.25, -0.2) is 0 Å².